The number of rotatable bonds is 11. The van der Waals surface area contributed by atoms with Gasteiger partial charge in [-0.05, 0) is 76.3 Å². The lowest BCUT2D eigenvalue weighted by Crippen LogP contribution is -2.40. The molecule has 0 bridgehead atoms. The van der Waals surface area contributed by atoms with Gasteiger partial charge in [0.2, 0.25) is 5.91 Å². The minimum Gasteiger partial charge on any atom is -0.489 e. The van der Waals surface area contributed by atoms with E-state index in [1.807, 2.05) is 78.9 Å². The second-order valence-corrected chi connectivity index (χ2v) is 11.5. The predicted octanol–water partition coefficient (Wildman–Crippen LogP) is 6.91. The Labute approximate surface area is 301 Å². The van der Waals surface area contributed by atoms with E-state index in [1.165, 1.54) is 0 Å². The average molecular weight is 732 g/mol. The minimum atomic E-state index is -5.08. The Bertz CT molecular complexity index is 1970. The molecule has 0 aliphatic carbocycles. The highest BCUT2D eigenvalue weighted by molar-refractivity contribution is 6.30. The maximum absolute atomic E-state index is 13.5. The lowest BCUT2D eigenvalue weighted by atomic mass is 10.0. The molecule has 52 heavy (non-hydrogen) atoms. The van der Waals surface area contributed by atoms with Crippen molar-refractivity contribution in [2.45, 2.75) is 25.4 Å². The molecule has 2 amide bonds. The summed E-state index contributed by atoms with van der Waals surface area (Å²) in [5.74, 6) is -2.90. The third-order valence-corrected chi connectivity index (χ3v) is 7.48. The van der Waals surface area contributed by atoms with Gasteiger partial charge < -0.3 is 31.9 Å². The fourth-order valence-corrected chi connectivity index (χ4v) is 4.72. The molecule has 0 saturated carbocycles. The van der Waals surface area contributed by atoms with Crippen LogP contribution in [0.4, 0.5) is 18.9 Å². The molecule has 0 spiro atoms. The highest BCUT2D eigenvalue weighted by Crippen LogP contribution is 2.24. The van der Waals surface area contributed by atoms with Crippen molar-refractivity contribution in [3.05, 3.63) is 155 Å². The van der Waals surface area contributed by atoms with Crippen LogP contribution in [0.5, 0.6) is 5.75 Å². The SMILES string of the molecule is NC(N)=Nc1ccc(CNC(=O)[C@@H](NC(=O)c2ccc(-c3ccc(Cl)cc3)cc2)c2ccc(OCc3ccccc3)cc2)cc1.O=C(O)C(F)(F)F. The van der Waals surface area contributed by atoms with Gasteiger partial charge in [-0.1, -0.05) is 90.5 Å². The van der Waals surface area contributed by atoms with Gasteiger partial charge in [0.25, 0.3) is 5.91 Å². The molecule has 0 aliphatic heterocycles. The Balaban J connectivity index is 0.000000785. The molecular formula is C38H33ClF3N5O5. The van der Waals surface area contributed by atoms with Crippen molar-refractivity contribution >= 4 is 41.0 Å². The van der Waals surface area contributed by atoms with Gasteiger partial charge in [-0.15, -0.1) is 0 Å². The van der Waals surface area contributed by atoms with Crippen LogP contribution in [0.2, 0.25) is 5.02 Å². The molecule has 0 fully saturated rings. The van der Waals surface area contributed by atoms with E-state index in [1.54, 1.807) is 48.5 Å². The molecule has 0 unspecified atom stereocenters. The lowest BCUT2D eigenvalue weighted by Gasteiger charge is -2.20. The van der Waals surface area contributed by atoms with Crippen LogP contribution in [0.1, 0.15) is 33.1 Å². The van der Waals surface area contributed by atoms with Crippen molar-refractivity contribution in [1.82, 2.24) is 10.6 Å². The number of aliphatic carboxylic acids is 1. The third kappa shape index (κ3) is 11.9. The minimum absolute atomic E-state index is 0.0364. The van der Waals surface area contributed by atoms with Crippen LogP contribution in [0.3, 0.4) is 0 Å². The van der Waals surface area contributed by atoms with Crippen LogP contribution in [-0.4, -0.2) is 35.0 Å². The topological polar surface area (TPSA) is 169 Å². The summed E-state index contributed by atoms with van der Waals surface area (Å²) in [6, 6.07) is 37.8. The number of carbonyl (C=O) groups excluding carboxylic acids is 2. The number of ether oxygens (including phenoxy) is 1. The van der Waals surface area contributed by atoms with E-state index in [0.717, 1.165) is 22.3 Å². The van der Waals surface area contributed by atoms with Crippen LogP contribution in [0.25, 0.3) is 11.1 Å². The lowest BCUT2D eigenvalue weighted by molar-refractivity contribution is -0.192. The normalized spacial score (nSPS) is 11.2. The highest BCUT2D eigenvalue weighted by atomic mass is 35.5. The first-order valence-corrected chi connectivity index (χ1v) is 15.9. The van der Waals surface area contributed by atoms with Crippen LogP contribution in [0.15, 0.2) is 132 Å². The summed E-state index contributed by atoms with van der Waals surface area (Å²) in [4.78, 5) is 39.8. The molecule has 268 valence electrons. The maximum Gasteiger partial charge on any atom is 0.490 e. The summed E-state index contributed by atoms with van der Waals surface area (Å²) in [5, 5.41) is 13.6. The van der Waals surface area contributed by atoms with Crippen molar-refractivity contribution in [2.75, 3.05) is 0 Å². The second-order valence-electron chi connectivity index (χ2n) is 11.1. The molecule has 0 aliphatic rings. The number of guanidine groups is 1. The summed E-state index contributed by atoms with van der Waals surface area (Å²) in [6.45, 7) is 0.649. The number of carboxylic acid groups (broad SMARTS) is 1. The number of benzene rings is 5. The second kappa shape index (κ2) is 18.1. The van der Waals surface area contributed by atoms with E-state index in [4.69, 9.17) is 37.7 Å². The Morgan fingerprint density at radius 1 is 0.769 bits per heavy atom. The number of aliphatic imine (C=N–C) groups is 1. The van der Waals surface area contributed by atoms with Crippen LogP contribution < -0.4 is 26.8 Å². The number of nitrogens with zero attached hydrogens (tertiary/aromatic N) is 1. The molecule has 0 aromatic heterocycles. The average Bonchev–Trinajstić information content (AvgIpc) is 3.13. The van der Waals surface area contributed by atoms with E-state index >= 15 is 0 Å². The van der Waals surface area contributed by atoms with Gasteiger partial charge in [0, 0.05) is 17.1 Å². The Kier molecular flexibility index (Phi) is 13.4. The number of nitrogens with one attached hydrogen (secondary N) is 2. The quantitative estimate of drug-likeness (QED) is 0.0726. The molecule has 1 atom stereocenters. The van der Waals surface area contributed by atoms with Gasteiger partial charge in [0.05, 0.1) is 5.69 Å². The molecule has 0 heterocycles. The number of carboxylic acids is 1. The highest BCUT2D eigenvalue weighted by Gasteiger charge is 2.38. The molecule has 14 heteroatoms. The zero-order valence-corrected chi connectivity index (χ0v) is 28.1. The molecule has 5 aromatic carbocycles. The molecule has 0 radical (unpaired) electrons. The predicted molar refractivity (Wildman–Crippen MR) is 192 cm³/mol. The van der Waals surface area contributed by atoms with E-state index < -0.39 is 18.2 Å². The number of hydrogen-bond donors (Lipinski definition) is 5. The fourth-order valence-electron chi connectivity index (χ4n) is 4.60. The number of halogens is 4. The van der Waals surface area contributed by atoms with Crippen molar-refractivity contribution in [1.29, 1.82) is 0 Å². The van der Waals surface area contributed by atoms with Crippen LogP contribution in [0, 0.1) is 0 Å². The number of amides is 2. The largest absolute Gasteiger partial charge is 0.490 e. The first-order chi connectivity index (χ1) is 24.8. The zero-order chi connectivity index (χ0) is 37.7. The summed E-state index contributed by atoms with van der Waals surface area (Å²) < 4.78 is 37.6. The number of carbonyl (C=O) groups is 3. The Morgan fingerprint density at radius 2 is 1.33 bits per heavy atom. The molecule has 5 rings (SSSR count). The summed E-state index contributed by atoms with van der Waals surface area (Å²) in [5.41, 5.74) is 16.3. The van der Waals surface area contributed by atoms with Crippen LogP contribution in [-0.2, 0) is 22.7 Å². The van der Waals surface area contributed by atoms with Gasteiger partial charge in [0.1, 0.15) is 18.4 Å². The molecule has 5 aromatic rings. The van der Waals surface area contributed by atoms with E-state index in [-0.39, 0.29) is 24.3 Å². The first kappa shape index (κ1) is 38.5. The number of nitrogens with two attached hydrogens (primary N) is 2. The smallest absolute Gasteiger partial charge is 0.489 e. The van der Waals surface area contributed by atoms with Gasteiger partial charge in [-0.25, -0.2) is 9.79 Å². The standard InChI is InChI=1S/C36H32ClN5O3.C2HF3O2/c37-30-16-12-27(13-17-30)26-8-10-29(11-9-26)34(43)42-33(35(44)40-22-24-6-18-31(19-7-24)41-36(38)39)28-14-20-32(21-15-28)45-23-25-4-2-1-3-5-25;3-2(4,5)1(6)7/h1-21,33H,22-23H2,(H,40,44)(H,42,43)(H4,38,39,41);(H,6,7)/t33-;/m0./s1. The Morgan fingerprint density at radius 3 is 1.87 bits per heavy atom. The van der Waals surface area contributed by atoms with E-state index in [0.29, 0.717) is 34.2 Å². The fraction of sp³-hybridized carbons (Fsp3) is 0.105. The maximum atomic E-state index is 13.5. The third-order valence-electron chi connectivity index (χ3n) is 7.23. The molecule has 0 saturated heterocycles. The Hall–Kier alpha value is -6.34. The number of hydrogen-bond acceptors (Lipinski definition) is 5. The monoisotopic (exact) mass is 731 g/mol. The van der Waals surface area contributed by atoms with Crippen molar-refractivity contribution in [3.63, 3.8) is 0 Å². The van der Waals surface area contributed by atoms with E-state index in [2.05, 4.69) is 15.6 Å². The number of alkyl halides is 3. The molecule has 7 N–H and O–H groups in total. The van der Waals surface area contributed by atoms with Crippen molar-refractivity contribution in [3.8, 4) is 16.9 Å². The van der Waals surface area contributed by atoms with Gasteiger partial charge >= 0.3 is 12.1 Å². The van der Waals surface area contributed by atoms with Gasteiger partial charge in [0.15, 0.2) is 5.96 Å². The van der Waals surface area contributed by atoms with E-state index in [9.17, 15) is 22.8 Å². The summed E-state index contributed by atoms with van der Waals surface area (Å²) >= 11 is 6.01. The van der Waals surface area contributed by atoms with Gasteiger partial charge in [-0.3, -0.25) is 9.59 Å². The van der Waals surface area contributed by atoms with Gasteiger partial charge in [-0.2, -0.15) is 13.2 Å². The van der Waals surface area contributed by atoms with Crippen LogP contribution >= 0.6 is 11.6 Å². The van der Waals surface area contributed by atoms with Crippen molar-refractivity contribution in [2.24, 2.45) is 16.5 Å². The summed E-state index contributed by atoms with van der Waals surface area (Å²) in [7, 11) is 0. The van der Waals surface area contributed by atoms with Crippen molar-refractivity contribution < 1.29 is 37.4 Å². The molecule has 10 nitrogen and oxygen atoms in total. The summed E-state index contributed by atoms with van der Waals surface area (Å²) in [6.07, 6.45) is -5.08. The first-order valence-electron chi connectivity index (χ1n) is 15.5. The zero-order valence-electron chi connectivity index (χ0n) is 27.3. The molecular weight excluding hydrogens is 699 g/mol.